The number of anilines is 1. The van der Waals surface area contributed by atoms with Crippen molar-refractivity contribution in [1.82, 2.24) is 14.9 Å². The Bertz CT molecular complexity index is 483. The molecule has 0 aliphatic heterocycles. The second-order valence-corrected chi connectivity index (χ2v) is 4.32. The highest BCUT2D eigenvalue weighted by molar-refractivity contribution is 5.33. The Hall–Kier alpha value is -1.98. The smallest absolute Gasteiger partial charge is 0.139 e. The number of rotatable bonds is 6. The van der Waals surface area contributed by atoms with Crippen molar-refractivity contribution < 1.29 is 0 Å². The molecule has 5 heteroatoms. The van der Waals surface area contributed by atoms with E-state index in [-0.39, 0.29) is 0 Å². The minimum Gasteiger partial charge on any atom is -0.308 e. The topological polar surface area (TPSA) is 67.1 Å². The SMILES string of the molecule is CCN(Cc1ccc(NN)nc1)Cc1ccccn1. The predicted molar refractivity (Wildman–Crippen MR) is 76.1 cm³/mol. The summed E-state index contributed by atoms with van der Waals surface area (Å²) in [5.41, 5.74) is 4.77. The van der Waals surface area contributed by atoms with Gasteiger partial charge in [0.15, 0.2) is 0 Å². The second-order valence-electron chi connectivity index (χ2n) is 4.32. The van der Waals surface area contributed by atoms with Crippen molar-refractivity contribution in [2.45, 2.75) is 20.0 Å². The van der Waals surface area contributed by atoms with Crippen LogP contribution in [0.25, 0.3) is 0 Å². The van der Waals surface area contributed by atoms with E-state index in [1.54, 1.807) is 0 Å². The number of hydrazine groups is 1. The number of nitrogens with one attached hydrogen (secondary N) is 1. The Kier molecular flexibility index (Phi) is 4.83. The number of hydrogen-bond donors (Lipinski definition) is 2. The van der Waals surface area contributed by atoms with Gasteiger partial charge in [0.1, 0.15) is 5.82 Å². The Labute approximate surface area is 113 Å². The van der Waals surface area contributed by atoms with Crippen molar-refractivity contribution in [3.05, 3.63) is 54.0 Å². The number of pyridine rings is 2. The predicted octanol–water partition coefficient (Wildman–Crippen LogP) is 1.78. The molecule has 2 aromatic rings. The zero-order valence-corrected chi connectivity index (χ0v) is 11.1. The lowest BCUT2D eigenvalue weighted by molar-refractivity contribution is 0.268. The van der Waals surface area contributed by atoms with Crippen LogP contribution < -0.4 is 11.3 Å². The molecule has 0 atom stereocenters. The van der Waals surface area contributed by atoms with Gasteiger partial charge in [0.25, 0.3) is 0 Å². The largest absolute Gasteiger partial charge is 0.308 e. The Balaban J connectivity index is 1.98. The van der Waals surface area contributed by atoms with Crippen molar-refractivity contribution in [1.29, 1.82) is 0 Å². The minimum atomic E-state index is 0.677. The van der Waals surface area contributed by atoms with Crippen LogP contribution in [0.5, 0.6) is 0 Å². The molecule has 2 heterocycles. The molecule has 0 saturated carbocycles. The second kappa shape index (κ2) is 6.82. The molecule has 0 unspecified atom stereocenters. The van der Waals surface area contributed by atoms with Gasteiger partial charge in [-0.2, -0.15) is 0 Å². The number of hydrogen-bond acceptors (Lipinski definition) is 5. The molecular weight excluding hydrogens is 238 g/mol. The van der Waals surface area contributed by atoms with Gasteiger partial charge < -0.3 is 5.43 Å². The normalized spacial score (nSPS) is 10.7. The summed E-state index contributed by atoms with van der Waals surface area (Å²) in [5, 5.41) is 0. The average molecular weight is 257 g/mol. The lowest BCUT2D eigenvalue weighted by Gasteiger charge is -2.19. The molecule has 5 nitrogen and oxygen atoms in total. The first kappa shape index (κ1) is 13.5. The van der Waals surface area contributed by atoms with E-state index in [9.17, 15) is 0 Å². The van der Waals surface area contributed by atoms with Gasteiger partial charge in [0.2, 0.25) is 0 Å². The van der Waals surface area contributed by atoms with Crippen LogP contribution in [0.4, 0.5) is 5.82 Å². The van der Waals surface area contributed by atoms with Gasteiger partial charge in [0, 0.05) is 25.5 Å². The summed E-state index contributed by atoms with van der Waals surface area (Å²) in [6, 6.07) is 9.90. The first-order valence-electron chi connectivity index (χ1n) is 6.35. The van der Waals surface area contributed by atoms with Crippen molar-refractivity contribution in [2.24, 2.45) is 5.84 Å². The molecule has 0 spiro atoms. The van der Waals surface area contributed by atoms with Gasteiger partial charge in [-0.1, -0.05) is 19.1 Å². The molecule has 0 radical (unpaired) electrons. The number of nitrogens with zero attached hydrogens (tertiary/aromatic N) is 3. The zero-order valence-electron chi connectivity index (χ0n) is 11.1. The minimum absolute atomic E-state index is 0.677. The third-order valence-corrected chi connectivity index (χ3v) is 2.94. The summed E-state index contributed by atoms with van der Waals surface area (Å²) in [5.74, 6) is 5.98. The first-order chi connectivity index (χ1) is 9.31. The van der Waals surface area contributed by atoms with Crippen LogP contribution in [0.3, 0.4) is 0 Å². The molecular formula is C14H19N5. The number of nitrogen functional groups attached to an aromatic ring is 1. The van der Waals surface area contributed by atoms with Crippen LogP contribution >= 0.6 is 0 Å². The summed E-state index contributed by atoms with van der Waals surface area (Å²) in [7, 11) is 0. The number of aromatic nitrogens is 2. The maximum Gasteiger partial charge on any atom is 0.139 e. The first-order valence-corrected chi connectivity index (χ1v) is 6.35. The van der Waals surface area contributed by atoms with Gasteiger partial charge >= 0.3 is 0 Å². The fraction of sp³-hybridized carbons (Fsp3) is 0.286. The maximum absolute atomic E-state index is 5.30. The molecule has 2 aromatic heterocycles. The van der Waals surface area contributed by atoms with Crippen molar-refractivity contribution >= 4 is 5.82 Å². The third kappa shape index (κ3) is 4.01. The van der Waals surface area contributed by atoms with Crippen LogP contribution in [0.15, 0.2) is 42.7 Å². The molecule has 0 aromatic carbocycles. The zero-order chi connectivity index (χ0) is 13.5. The summed E-state index contributed by atoms with van der Waals surface area (Å²) in [6.45, 7) is 4.80. The lowest BCUT2D eigenvalue weighted by atomic mass is 10.2. The van der Waals surface area contributed by atoms with Crippen LogP contribution in [0.2, 0.25) is 0 Å². The number of nitrogens with two attached hydrogens (primary N) is 1. The fourth-order valence-corrected chi connectivity index (χ4v) is 1.86. The molecule has 0 saturated heterocycles. The van der Waals surface area contributed by atoms with Gasteiger partial charge in [-0.05, 0) is 30.3 Å². The lowest BCUT2D eigenvalue weighted by Crippen LogP contribution is -2.23. The van der Waals surface area contributed by atoms with Gasteiger partial charge in [-0.25, -0.2) is 10.8 Å². The van der Waals surface area contributed by atoms with E-state index in [4.69, 9.17) is 5.84 Å². The van der Waals surface area contributed by atoms with E-state index in [1.807, 2.05) is 42.7 Å². The highest BCUT2D eigenvalue weighted by Crippen LogP contribution is 2.09. The molecule has 19 heavy (non-hydrogen) atoms. The van der Waals surface area contributed by atoms with E-state index in [0.717, 1.165) is 30.9 Å². The average Bonchev–Trinajstić information content (AvgIpc) is 2.48. The molecule has 100 valence electrons. The van der Waals surface area contributed by atoms with E-state index in [2.05, 4.69) is 27.2 Å². The van der Waals surface area contributed by atoms with E-state index >= 15 is 0 Å². The maximum atomic E-state index is 5.30. The van der Waals surface area contributed by atoms with E-state index in [1.165, 1.54) is 0 Å². The monoisotopic (exact) mass is 257 g/mol. The Morgan fingerprint density at radius 3 is 2.63 bits per heavy atom. The summed E-state index contributed by atoms with van der Waals surface area (Å²) in [6.07, 6.45) is 3.67. The molecule has 0 amide bonds. The standard InChI is InChI=1S/C14H19N5/c1-2-19(11-13-5-3-4-8-16-13)10-12-6-7-14(18-15)17-9-12/h3-9H,2,10-11,15H2,1H3,(H,17,18). The van der Waals surface area contributed by atoms with Gasteiger partial charge in [-0.15, -0.1) is 0 Å². The van der Waals surface area contributed by atoms with Crippen LogP contribution in [-0.2, 0) is 13.1 Å². The van der Waals surface area contributed by atoms with Gasteiger partial charge in [-0.3, -0.25) is 9.88 Å². The molecule has 3 N–H and O–H groups in total. The molecule has 0 aliphatic rings. The highest BCUT2D eigenvalue weighted by Gasteiger charge is 2.06. The molecule has 0 bridgehead atoms. The molecule has 2 rings (SSSR count). The van der Waals surface area contributed by atoms with Crippen molar-refractivity contribution in [3.63, 3.8) is 0 Å². The Morgan fingerprint density at radius 1 is 1.16 bits per heavy atom. The van der Waals surface area contributed by atoms with E-state index in [0.29, 0.717) is 5.82 Å². The highest BCUT2D eigenvalue weighted by atomic mass is 15.2. The van der Waals surface area contributed by atoms with Gasteiger partial charge in [0.05, 0.1) is 5.69 Å². The van der Waals surface area contributed by atoms with Crippen molar-refractivity contribution in [3.8, 4) is 0 Å². The summed E-state index contributed by atoms with van der Waals surface area (Å²) in [4.78, 5) is 10.9. The molecule has 0 fully saturated rings. The summed E-state index contributed by atoms with van der Waals surface area (Å²) < 4.78 is 0. The van der Waals surface area contributed by atoms with E-state index < -0.39 is 0 Å². The fourth-order valence-electron chi connectivity index (χ4n) is 1.86. The molecule has 0 aliphatic carbocycles. The van der Waals surface area contributed by atoms with Crippen LogP contribution in [0, 0.1) is 0 Å². The summed E-state index contributed by atoms with van der Waals surface area (Å²) >= 11 is 0. The Morgan fingerprint density at radius 2 is 2.05 bits per heavy atom. The van der Waals surface area contributed by atoms with Crippen molar-refractivity contribution in [2.75, 3.05) is 12.0 Å². The van der Waals surface area contributed by atoms with Crippen LogP contribution in [0.1, 0.15) is 18.2 Å². The van der Waals surface area contributed by atoms with Crippen LogP contribution in [-0.4, -0.2) is 21.4 Å². The quantitative estimate of drug-likeness (QED) is 0.610. The third-order valence-electron chi connectivity index (χ3n) is 2.94.